The van der Waals surface area contributed by atoms with Gasteiger partial charge in [-0.2, -0.15) is 0 Å². The predicted molar refractivity (Wildman–Crippen MR) is 77.0 cm³/mol. The molecule has 0 amide bonds. The summed E-state index contributed by atoms with van der Waals surface area (Å²) in [4.78, 5) is 4.33. The number of thiazole rings is 1. The molecule has 1 aromatic heterocycles. The van der Waals surface area contributed by atoms with Crippen molar-refractivity contribution in [2.75, 3.05) is 5.32 Å². The Hall–Kier alpha value is -1.53. The maximum atomic E-state index is 13.6. The third-order valence-electron chi connectivity index (χ3n) is 2.55. The van der Waals surface area contributed by atoms with Crippen molar-refractivity contribution in [1.29, 1.82) is 0 Å². The quantitative estimate of drug-likeness (QED) is 0.658. The molecule has 19 heavy (non-hydrogen) atoms. The molecule has 0 saturated carbocycles. The van der Waals surface area contributed by atoms with Gasteiger partial charge in [-0.25, -0.2) is 13.8 Å². The molecule has 0 unspecified atom stereocenters. The maximum absolute atomic E-state index is 13.6. The summed E-state index contributed by atoms with van der Waals surface area (Å²) >= 11 is 4.44. The first-order valence-corrected chi connectivity index (χ1v) is 7.01. The lowest BCUT2D eigenvalue weighted by atomic mass is 10.3. The van der Waals surface area contributed by atoms with E-state index in [2.05, 4.69) is 26.2 Å². The van der Waals surface area contributed by atoms with Gasteiger partial charge >= 0.3 is 0 Å². The molecule has 1 N–H and O–H groups in total. The van der Waals surface area contributed by atoms with Gasteiger partial charge in [-0.3, -0.25) is 0 Å². The van der Waals surface area contributed by atoms with Crippen LogP contribution in [0.3, 0.4) is 0 Å². The molecule has 0 bridgehead atoms. The van der Waals surface area contributed by atoms with Crippen LogP contribution in [-0.4, -0.2) is 4.98 Å². The minimum atomic E-state index is -0.653. The summed E-state index contributed by atoms with van der Waals surface area (Å²) in [5.41, 5.74) is 1.03. The summed E-state index contributed by atoms with van der Waals surface area (Å²) in [7, 11) is 0. The summed E-state index contributed by atoms with van der Waals surface area (Å²) in [6.45, 7) is 0. The molecule has 3 rings (SSSR count). The largest absolute Gasteiger partial charge is 0.329 e. The van der Waals surface area contributed by atoms with Crippen LogP contribution in [0.5, 0.6) is 0 Å². The van der Waals surface area contributed by atoms with Gasteiger partial charge in [0.2, 0.25) is 0 Å². The third-order valence-corrected chi connectivity index (χ3v) is 4.10. The van der Waals surface area contributed by atoms with Gasteiger partial charge in [-0.1, -0.05) is 23.5 Å². The first kappa shape index (κ1) is 12.5. The lowest BCUT2D eigenvalue weighted by Gasteiger charge is -2.05. The van der Waals surface area contributed by atoms with E-state index in [1.165, 1.54) is 17.4 Å². The standard InChI is InChI=1S/C13H7BrF2N2S/c14-7-5-11(9(16)6-8(7)15)18-13-17-10-3-1-2-4-12(10)19-13/h1-6H,(H,17,18). The number of aromatic nitrogens is 1. The molecule has 0 atom stereocenters. The van der Waals surface area contributed by atoms with E-state index in [0.29, 0.717) is 5.13 Å². The highest BCUT2D eigenvalue weighted by atomic mass is 79.9. The van der Waals surface area contributed by atoms with Gasteiger partial charge < -0.3 is 5.32 Å². The van der Waals surface area contributed by atoms with Crippen LogP contribution in [0.25, 0.3) is 10.2 Å². The van der Waals surface area contributed by atoms with Gasteiger partial charge in [0.25, 0.3) is 0 Å². The number of halogens is 3. The molecular formula is C13H7BrF2N2S. The van der Waals surface area contributed by atoms with Crippen LogP contribution in [0.2, 0.25) is 0 Å². The van der Waals surface area contributed by atoms with Crippen molar-refractivity contribution < 1.29 is 8.78 Å². The molecule has 0 aliphatic carbocycles. The van der Waals surface area contributed by atoms with Crippen molar-refractivity contribution in [3.05, 3.63) is 52.5 Å². The summed E-state index contributed by atoms with van der Waals surface area (Å²) in [5.74, 6) is -1.28. The van der Waals surface area contributed by atoms with E-state index in [4.69, 9.17) is 0 Å². The molecule has 0 saturated heterocycles. The first-order chi connectivity index (χ1) is 9.13. The van der Waals surface area contributed by atoms with Crippen LogP contribution < -0.4 is 5.32 Å². The summed E-state index contributed by atoms with van der Waals surface area (Å²) in [6, 6.07) is 9.82. The fourth-order valence-electron chi connectivity index (χ4n) is 1.66. The molecule has 3 aromatic rings. The highest BCUT2D eigenvalue weighted by molar-refractivity contribution is 9.10. The summed E-state index contributed by atoms with van der Waals surface area (Å²) in [5, 5.41) is 3.43. The Balaban J connectivity index is 1.98. The number of fused-ring (bicyclic) bond motifs is 1. The molecule has 96 valence electrons. The first-order valence-electron chi connectivity index (χ1n) is 5.40. The number of anilines is 2. The Morgan fingerprint density at radius 2 is 1.89 bits per heavy atom. The number of rotatable bonds is 2. The van der Waals surface area contributed by atoms with E-state index >= 15 is 0 Å². The van der Waals surface area contributed by atoms with Crippen LogP contribution in [0.15, 0.2) is 40.9 Å². The summed E-state index contributed by atoms with van der Waals surface area (Å²) in [6.07, 6.45) is 0. The average molecular weight is 341 g/mol. The lowest BCUT2D eigenvalue weighted by molar-refractivity contribution is 0.581. The Bertz CT molecular complexity index is 724. The topological polar surface area (TPSA) is 24.9 Å². The molecule has 2 nitrogen and oxygen atoms in total. The molecule has 2 aromatic carbocycles. The van der Waals surface area contributed by atoms with Crippen LogP contribution in [-0.2, 0) is 0 Å². The second kappa shape index (κ2) is 4.86. The van der Waals surface area contributed by atoms with Crippen molar-refractivity contribution in [2.24, 2.45) is 0 Å². The lowest BCUT2D eigenvalue weighted by Crippen LogP contribution is -1.94. The smallest absolute Gasteiger partial charge is 0.188 e. The number of nitrogens with one attached hydrogen (secondary N) is 1. The van der Waals surface area contributed by atoms with E-state index in [0.717, 1.165) is 16.3 Å². The second-order valence-electron chi connectivity index (χ2n) is 3.86. The SMILES string of the molecule is Fc1cc(F)c(Nc2nc3ccccc3s2)cc1Br. The van der Waals surface area contributed by atoms with Gasteiger partial charge in [0, 0.05) is 6.07 Å². The average Bonchev–Trinajstić information content (AvgIpc) is 2.78. The molecule has 0 fully saturated rings. The van der Waals surface area contributed by atoms with E-state index in [9.17, 15) is 8.78 Å². The van der Waals surface area contributed by atoms with Crippen molar-refractivity contribution in [3.63, 3.8) is 0 Å². The zero-order valence-electron chi connectivity index (χ0n) is 9.45. The monoisotopic (exact) mass is 340 g/mol. The van der Waals surface area contributed by atoms with E-state index < -0.39 is 11.6 Å². The van der Waals surface area contributed by atoms with Crippen LogP contribution in [0.1, 0.15) is 0 Å². The van der Waals surface area contributed by atoms with Gasteiger partial charge in [0.1, 0.15) is 11.6 Å². The van der Waals surface area contributed by atoms with Crippen molar-refractivity contribution in [2.45, 2.75) is 0 Å². The maximum Gasteiger partial charge on any atom is 0.188 e. The van der Waals surface area contributed by atoms with Crippen molar-refractivity contribution >= 4 is 48.3 Å². The second-order valence-corrected chi connectivity index (χ2v) is 5.74. The fourth-order valence-corrected chi connectivity index (χ4v) is 2.88. The zero-order chi connectivity index (χ0) is 13.4. The van der Waals surface area contributed by atoms with E-state index in [1.807, 2.05) is 24.3 Å². The number of benzene rings is 2. The van der Waals surface area contributed by atoms with Crippen molar-refractivity contribution in [1.82, 2.24) is 4.98 Å². The minimum absolute atomic E-state index is 0.187. The van der Waals surface area contributed by atoms with Gasteiger partial charge in [-0.05, 0) is 34.1 Å². The molecule has 6 heteroatoms. The number of hydrogen-bond acceptors (Lipinski definition) is 3. The fraction of sp³-hybridized carbons (Fsp3) is 0. The van der Waals surface area contributed by atoms with Gasteiger partial charge in [0.05, 0.1) is 20.4 Å². The van der Waals surface area contributed by atoms with Crippen LogP contribution in [0, 0.1) is 11.6 Å². The third kappa shape index (κ3) is 2.46. The Kier molecular flexibility index (Phi) is 3.20. The normalized spacial score (nSPS) is 10.9. The molecule has 0 spiro atoms. The number of hydrogen-bond donors (Lipinski definition) is 1. The number of para-hydroxylation sites is 1. The number of nitrogens with zero attached hydrogens (tertiary/aromatic N) is 1. The summed E-state index contributed by atoms with van der Waals surface area (Å²) < 4.78 is 28.0. The Labute approximate surface area is 120 Å². The molecule has 0 radical (unpaired) electrons. The molecule has 0 aliphatic heterocycles. The zero-order valence-corrected chi connectivity index (χ0v) is 11.9. The van der Waals surface area contributed by atoms with Crippen LogP contribution >= 0.6 is 27.3 Å². The minimum Gasteiger partial charge on any atom is -0.329 e. The molecule has 0 aliphatic rings. The van der Waals surface area contributed by atoms with Crippen molar-refractivity contribution in [3.8, 4) is 0 Å². The van der Waals surface area contributed by atoms with E-state index in [1.54, 1.807) is 0 Å². The Morgan fingerprint density at radius 3 is 2.68 bits per heavy atom. The predicted octanol–water partition coefficient (Wildman–Crippen LogP) is 5.08. The highest BCUT2D eigenvalue weighted by Gasteiger charge is 2.10. The molecule has 1 heterocycles. The Morgan fingerprint density at radius 1 is 1.11 bits per heavy atom. The van der Waals surface area contributed by atoms with E-state index in [-0.39, 0.29) is 10.2 Å². The van der Waals surface area contributed by atoms with Crippen LogP contribution in [0.4, 0.5) is 19.6 Å². The van der Waals surface area contributed by atoms with Gasteiger partial charge in [-0.15, -0.1) is 0 Å². The highest BCUT2D eigenvalue weighted by Crippen LogP contribution is 2.31. The molecular weight excluding hydrogens is 334 g/mol. The van der Waals surface area contributed by atoms with Gasteiger partial charge in [0.15, 0.2) is 5.13 Å².